The van der Waals surface area contributed by atoms with Crippen LogP contribution >= 0.6 is 11.3 Å². The van der Waals surface area contributed by atoms with Crippen LogP contribution in [0.1, 0.15) is 5.56 Å². The smallest absolute Gasteiger partial charge is 0.264 e. The van der Waals surface area contributed by atoms with Gasteiger partial charge < -0.3 is 4.74 Å². The maximum Gasteiger partial charge on any atom is 0.264 e. The summed E-state index contributed by atoms with van der Waals surface area (Å²) in [4.78, 5) is 16.5. The Morgan fingerprint density at radius 1 is 1.23 bits per heavy atom. The highest BCUT2D eigenvalue weighted by Gasteiger charge is 2.10. The van der Waals surface area contributed by atoms with Crippen LogP contribution in [0.25, 0.3) is 11.3 Å². The van der Waals surface area contributed by atoms with E-state index < -0.39 is 0 Å². The van der Waals surface area contributed by atoms with Gasteiger partial charge in [-0.15, -0.1) is 17.9 Å². The number of amides is 1. The first-order valence-corrected chi connectivity index (χ1v) is 8.86. The van der Waals surface area contributed by atoms with Crippen molar-refractivity contribution in [2.24, 2.45) is 0 Å². The second kappa shape index (κ2) is 8.40. The molecule has 0 saturated heterocycles. The van der Waals surface area contributed by atoms with E-state index in [9.17, 15) is 9.18 Å². The third-order valence-corrected chi connectivity index (χ3v) is 4.34. The highest BCUT2D eigenvalue weighted by molar-refractivity contribution is 7.14. The molecule has 0 aliphatic rings. The second-order valence-electron chi connectivity index (χ2n) is 5.48. The van der Waals surface area contributed by atoms with E-state index in [0.717, 1.165) is 11.1 Å². The number of ether oxygens (including phenoxy) is 1. The van der Waals surface area contributed by atoms with Gasteiger partial charge in [-0.2, -0.15) is 0 Å². The number of carbonyl (C=O) groups excluding carboxylic acids is 1. The predicted molar refractivity (Wildman–Crippen MR) is 102 cm³/mol. The van der Waals surface area contributed by atoms with Crippen LogP contribution in [0.2, 0.25) is 0 Å². The minimum Gasteiger partial charge on any atom is -0.483 e. The summed E-state index contributed by atoms with van der Waals surface area (Å²) >= 11 is 1.30. The molecule has 132 valence electrons. The normalized spacial score (nSPS) is 10.3. The minimum atomic E-state index is -0.300. The number of rotatable bonds is 7. The summed E-state index contributed by atoms with van der Waals surface area (Å²) in [5.74, 6) is 0.0680. The zero-order chi connectivity index (χ0) is 18.4. The number of carbonyl (C=O) groups is 1. The van der Waals surface area contributed by atoms with Gasteiger partial charge in [-0.05, 0) is 42.3 Å². The zero-order valence-electron chi connectivity index (χ0n) is 13.9. The van der Waals surface area contributed by atoms with Crippen molar-refractivity contribution >= 4 is 22.4 Å². The van der Waals surface area contributed by atoms with Crippen LogP contribution in [-0.4, -0.2) is 17.5 Å². The standard InChI is InChI=1S/C20H17FN2O2S/c1-2-5-15-6-3-4-7-18(15)25-12-19(24)23-20-22-17(13-26-20)14-8-10-16(21)11-9-14/h2-4,6-11,13H,1,5,12H2,(H,22,23,24). The summed E-state index contributed by atoms with van der Waals surface area (Å²) in [5, 5.41) is 4.99. The molecule has 0 radical (unpaired) electrons. The first kappa shape index (κ1) is 17.8. The van der Waals surface area contributed by atoms with Crippen LogP contribution in [0.15, 0.2) is 66.6 Å². The summed E-state index contributed by atoms with van der Waals surface area (Å²) in [6, 6.07) is 13.6. The molecule has 4 nitrogen and oxygen atoms in total. The molecule has 6 heteroatoms. The van der Waals surface area contributed by atoms with E-state index >= 15 is 0 Å². The first-order valence-electron chi connectivity index (χ1n) is 7.98. The Kier molecular flexibility index (Phi) is 5.76. The van der Waals surface area contributed by atoms with Gasteiger partial charge in [-0.3, -0.25) is 10.1 Å². The molecule has 1 N–H and O–H groups in total. The molecule has 0 atom stereocenters. The van der Waals surface area contributed by atoms with Crippen molar-refractivity contribution < 1.29 is 13.9 Å². The summed E-state index contributed by atoms with van der Waals surface area (Å²) in [6.07, 6.45) is 2.46. The topological polar surface area (TPSA) is 51.2 Å². The van der Waals surface area contributed by atoms with E-state index in [0.29, 0.717) is 23.0 Å². The number of halogens is 1. The first-order chi connectivity index (χ1) is 12.7. The third kappa shape index (κ3) is 4.55. The highest BCUT2D eigenvalue weighted by Crippen LogP contribution is 2.25. The second-order valence-corrected chi connectivity index (χ2v) is 6.34. The fourth-order valence-electron chi connectivity index (χ4n) is 2.35. The molecule has 1 amide bonds. The Balaban J connectivity index is 1.59. The maximum absolute atomic E-state index is 13.0. The largest absolute Gasteiger partial charge is 0.483 e. The Morgan fingerprint density at radius 2 is 2.00 bits per heavy atom. The minimum absolute atomic E-state index is 0.111. The number of hydrogen-bond acceptors (Lipinski definition) is 4. The van der Waals surface area contributed by atoms with E-state index in [2.05, 4.69) is 16.9 Å². The number of thiazole rings is 1. The number of para-hydroxylation sites is 1. The summed E-state index contributed by atoms with van der Waals surface area (Å²) < 4.78 is 18.6. The molecule has 1 heterocycles. The van der Waals surface area contributed by atoms with E-state index in [4.69, 9.17) is 4.74 Å². The van der Waals surface area contributed by atoms with Gasteiger partial charge in [0, 0.05) is 10.9 Å². The third-order valence-electron chi connectivity index (χ3n) is 3.59. The molecule has 0 spiro atoms. The lowest BCUT2D eigenvalue weighted by molar-refractivity contribution is -0.118. The van der Waals surface area contributed by atoms with Crippen molar-refractivity contribution in [3.05, 3.63) is 77.9 Å². The van der Waals surface area contributed by atoms with Crippen LogP contribution in [-0.2, 0) is 11.2 Å². The molecule has 2 aromatic carbocycles. The fraction of sp³-hybridized carbons (Fsp3) is 0.100. The zero-order valence-corrected chi connectivity index (χ0v) is 14.8. The van der Waals surface area contributed by atoms with Crippen LogP contribution in [0.4, 0.5) is 9.52 Å². The van der Waals surface area contributed by atoms with Gasteiger partial charge in [0.2, 0.25) is 0 Å². The monoisotopic (exact) mass is 368 g/mol. The van der Waals surface area contributed by atoms with Crippen LogP contribution in [0.3, 0.4) is 0 Å². The molecule has 3 aromatic rings. The van der Waals surface area contributed by atoms with Crippen LogP contribution < -0.4 is 10.1 Å². The van der Waals surface area contributed by atoms with E-state index in [1.807, 2.05) is 29.6 Å². The molecule has 1 aromatic heterocycles. The number of nitrogens with zero attached hydrogens (tertiary/aromatic N) is 1. The van der Waals surface area contributed by atoms with E-state index in [1.54, 1.807) is 18.2 Å². The Morgan fingerprint density at radius 3 is 2.77 bits per heavy atom. The van der Waals surface area contributed by atoms with E-state index in [-0.39, 0.29) is 18.3 Å². The average Bonchev–Trinajstić information content (AvgIpc) is 3.10. The number of aromatic nitrogens is 1. The number of anilines is 1. The number of benzene rings is 2. The molecule has 0 unspecified atom stereocenters. The van der Waals surface area contributed by atoms with Gasteiger partial charge in [-0.1, -0.05) is 24.3 Å². The lowest BCUT2D eigenvalue weighted by Crippen LogP contribution is -2.20. The van der Waals surface area contributed by atoms with Crippen molar-refractivity contribution in [2.75, 3.05) is 11.9 Å². The molecule has 26 heavy (non-hydrogen) atoms. The average molecular weight is 368 g/mol. The Labute approximate surface area is 155 Å². The number of hydrogen-bond donors (Lipinski definition) is 1. The summed E-state index contributed by atoms with van der Waals surface area (Å²) in [6.45, 7) is 3.61. The van der Waals surface area contributed by atoms with Crippen molar-refractivity contribution in [1.29, 1.82) is 0 Å². The summed E-state index contributed by atoms with van der Waals surface area (Å²) in [5.41, 5.74) is 2.45. The lowest BCUT2D eigenvalue weighted by Gasteiger charge is -2.09. The van der Waals surface area contributed by atoms with Gasteiger partial charge in [0.15, 0.2) is 11.7 Å². The van der Waals surface area contributed by atoms with E-state index in [1.165, 1.54) is 23.5 Å². The van der Waals surface area contributed by atoms with Gasteiger partial charge in [0.25, 0.3) is 5.91 Å². The molecular weight excluding hydrogens is 351 g/mol. The van der Waals surface area contributed by atoms with Crippen molar-refractivity contribution in [3.8, 4) is 17.0 Å². The van der Waals surface area contributed by atoms with Gasteiger partial charge in [-0.25, -0.2) is 9.37 Å². The number of allylic oxidation sites excluding steroid dienone is 1. The van der Waals surface area contributed by atoms with Crippen LogP contribution in [0.5, 0.6) is 5.75 Å². The summed E-state index contributed by atoms with van der Waals surface area (Å²) in [7, 11) is 0. The molecule has 0 fully saturated rings. The van der Waals surface area contributed by atoms with Gasteiger partial charge in [0.05, 0.1) is 5.69 Å². The molecule has 3 rings (SSSR count). The van der Waals surface area contributed by atoms with Crippen molar-refractivity contribution in [1.82, 2.24) is 4.98 Å². The molecule has 0 bridgehead atoms. The molecular formula is C20H17FN2O2S. The molecule has 0 aliphatic carbocycles. The number of nitrogens with one attached hydrogen (secondary N) is 1. The predicted octanol–water partition coefficient (Wildman–Crippen LogP) is 4.70. The molecule has 0 aliphatic heterocycles. The van der Waals surface area contributed by atoms with Crippen molar-refractivity contribution in [2.45, 2.75) is 6.42 Å². The fourth-order valence-corrected chi connectivity index (χ4v) is 3.09. The quantitative estimate of drug-likeness (QED) is 0.615. The SMILES string of the molecule is C=CCc1ccccc1OCC(=O)Nc1nc(-c2ccc(F)cc2)cs1. The molecule has 0 saturated carbocycles. The Bertz CT molecular complexity index is 906. The lowest BCUT2D eigenvalue weighted by atomic mass is 10.1. The maximum atomic E-state index is 13.0. The Hall–Kier alpha value is -2.99. The van der Waals surface area contributed by atoms with Gasteiger partial charge in [0.1, 0.15) is 11.6 Å². The highest BCUT2D eigenvalue weighted by atomic mass is 32.1. The van der Waals surface area contributed by atoms with Crippen molar-refractivity contribution in [3.63, 3.8) is 0 Å². The van der Waals surface area contributed by atoms with Crippen LogP contribution in [0, 0.1) is 5.82 Å². The van der Waals surface area contributed by atoms with Gasteiger partial charge >= 0.3 is 0 Å².